The highest BCUT2D eigenvalue weighted by Gasteiger charge is 2.08. The van der Waals surface area contributed by atoms with Crippen LogP contribution in [0.2, 0.25) is 0 Å². The number of nitrogens with two attached hydrogens (primary N) is 1. The lowest BCUT2D eigenvalue weighted by Crippen LogP contribution is -2.38. The van der Waals surface area contributed by atoms with Crippen LogP contribution in [0.5, 0.6) is 0 Å². The molecule has 0 aliphatic carbocycles. The van der Waals surface area contributed by atoms with Gasteiger partial charge in [-0.05, 0) is 13.0 Å². The summed E-state index contributed by atoms with van der Waals surface area (Å²) in [4.78, 5) is 7.90. The van der Waals surface area contributed by atoms with E-state index < -0.39 is 6.10 Å². The Labute approximate surface area is 77.0 Å². The van der Waals surface area contributed by atoms with E-state index in [0.717, 1.165) is 0 Å². The van der Waals surface area contributed by atoms with Crippen LogP contribution in [0.1, 0.15) is 6.92 Å². The first-order chi connectivity index (χ1) is 6.20. The summed E-state index contributed by atoms with van der Waals surface area (Å²) in [6.07, 6.45) is 2.75. The monoisotopic (exact) mass is 182 g/mol. The summed E-state index contributed by atoms with van der Waals surface area (Å²) in [7, 11) is 0. The van der Waals surface area contributed by atoms with E-state index in [4.69, 9.17) is 10.8 Å². The van der Waals surface area contributed by atoms with Gasteiger partial charge in [-0.3, -0.25) is 0 Å². The molecule has 2 unspecified atom stereocenters. The average Bonchev–Trinajstić information content (AvgIpc) is 2.15. The molecule has 0 spiro atoms. The highest BCUT2D eigenvalue weighted by molar-refractivity contribution is 5.22. The lowest BCUT2D eigenvalue weighted by molar-refractivity contribution is 0.168. The Bertz CT molecular complexity index is 239. The molecule has 13 heavy (non-hydrogen) atoms. The van der Waals surface area contributed by atoms with Gasteiger partial charge in [0.05, 0.1) is 6.10 Å². The van der Waals surface area contributed by atoms with Crippen molar-refractivity contribution >= 4 is 5.95 Å². The molecule has 0 aliphatic rings. The predicted molar refractivity (Wildman–Crippen MR) is 50.2 cm³/mol. The fraction of sp³-hybridized carbons (Fsp3) is 0.500. The number of hydrogen-bond donors (Lipinski definition) is 3. The molecule has 0 fully saturated rings. The van der Waals surface area contributed by atoms with Crippen LogP contribution in [0.25, 0.3) is 0 Å². The molecule has 0 bridgehead atoms. The van der Waals surface area contributed by atoms with Crippen molar-refractivity contribution in [2.45, 2.75) is 19.1 Å². The molecule has 72 valence electrons. The van der Waals surface area contributed by atoms with E-state index in [1.807, 2.05) is 0 Å². The minimum atomic E-state index is -0.531. The minimum Gasteiger partial charge on any atom is -0.392 e. The molecule has 4 N–H and O–H groups in total. The molecule has 0 aromatic carbocycles. The number of rotatable bonds is 4. The van der Waals surface area contributed by atoms with Crippen molar-refractivity contribution in [1.82, 2.24) is 9.97 Å². The average molecular weight is 182 g/mol. The quantitative estimate of drug-likeness (QED) is 0.590. The minimum absolute atomic E-state index is 0.302. The molecule has 0 aliphatic heterocycles. The maximum Gasteiger partial charge on any atom is 0.222 e. The number of nitrogens with one attached hydrogen (secondary N) is 1. The summed E-state index contributed by atoms with van der Waals surface area (Å²) in [6.45, 7) is 2.11. The van der Waals surface area contributed by atoms with Gasteiger partial charge >= 0.3 is 0 Å². The Morgan fingerprint density at radius 3 is 2.69 bits per heavy atom. The zero-order chi connectivity index (χ0) is 9.68. The van der Waals surface area contributed by atoms with Crippen molar-refractivity contribution in [3.63, 3.8) is 0 Å². The van der Waals surface area contributed by atoms with Crippen LogP contribution in [-0.2, 0) is 0 Å². The van der Waals surface area contributed by atoms with E-state index in [-0.39, 0.29) is 6.04 Å². The molecule has 2 atom stereocenters. The smallest absolute Gasteiger partial charge is 0.222 e. The standard InChI is InChI=1S/C8H14N4O/c1-6(13)7(9)5-12-8-10-3-2-4-11-8/h2-4,6-7,13H,5,9H2,1H3,(H,10,11,12). The molecule has 1 aromatic rings. The lowest BCUT2D eigenvalue weighted by atomic mass is 10.2. The number of aliphatic hydroxyl groups is 1. The van der Waals surface area contributed by atoms with Crippen molar-refractivity contribution < 1.29 is 5.11 Å². The number of hydrogen-bond acceptors (Lipinski definition) is 5. The molecular weight excluding hydrogens is 168 g/mol. The predicted octanol–water partition coefficient (Wildman–Crippen LogP) is -0.403. The second-order valence-corrected chi connectivity index (χ2v) is 2.86. The highest BCUT2D eigenvalue weighted by Crippen LogP contribution is 1.95. The van der Waals surface area contributed by atoms with Gasteiger partial charge in [-0.1, -0.05) is 0 Å². The van der Waals surface area contributed by atoms with Crippen molar-refractivity contribution in [2.75, 3.05) is 11.9 Å². The van der Waals surface area contributed by atoms with Gasteiger partial charge < -0.3 is 16.2 Å². The van der Waals surface area contributed by atoms with E-state index >= 15 is 0 Å². The maximum atomic E-state index is 9.09. The van der Waals surface area contributed by atoms with Crippen LogP contribution in [0.3, 0.4) is 0 Å². The van der Waals surface area contributed by atoms with Crippen LogP contribution in [-0.4, -0.2) is 33.8 Å². The Kier molecular flexibility index (Phi) is 3.60. The van der Waals surface area contributed by atoms with E-state index in [9.17, 15) is 0 Å². The zero-order valence-corrected chi connectivity index (χ0v) is 7.51. The van der Waals surface area contributed by atoms with Gasteiger partial charge in [0.1, 0.15) is 0 Å². The van der Waals surface area contributed by atoms with Gasteiger partial charge in [-0.2, -0.15) is 0 Å². The first-order valence-corrected chi connectivity index (χ1v) is 4.14. The highest BCUT2D eigenvalue weighted by atomic mass is 16.3. The van der Waals surface area contributed by atoms with Crippen molar-refractivity contribution in [3.05, 3.63) is 18.5 Å². The van der Waals surface area contributed by atoms with Crippen molar-refractivity contribution in [3.8, 4) is 0 Å². The molecule has 1 heterocycles. The van der Waals surface area contributed by atoms with E-state index in [1.165, 1.54) is 0 Å². The first kappa shape index (κ1) is 9.88. The molecular formula is C8H14N4O. The van der Waals surface area contributed by atoms with E-state index in [0.29, 0.717) is 12.5 Å². The Morgan fingerprint density at radius 1 is 1.54 bits per heavy atom. The van der Waals surface area contributed by atoms with Crippen LogP contribution < -0.4 is 11.1 Å². The van der Waals surface area contributed by atoms with Crippen LogP contribution in [0, 0.1) is 0 Å². The lowest BCUT2D eigenvalue weighted by Gasteiger charge is -2.14. The summed E-state index contributed by atoms with van der Waals surface area (Å²) < 4.78 is 0. The van der Waals surface area contributed by atoms with E-state index in [1.54, 1.807) is 25.4 Å². The number of nitrogens with zero attached hydrogens (tertiary/aromatic N) is 2. The molecule has 0 amide bonds. The second kappa shape index (κ2) is 4.74. The molecule has 0 saturated carbocycles. The molecule has 1 rings (SSSR count). The van der Waals surface area contributed by atoms with E-state index in [2.05, 4.69) is 15.3 Å². The third-order valence-corrected chi connectivity index (χ3v) is 1.68. The Balaban J connectivity index is 2.35. The summed E-state index contributed by atoms with van der Waals surface area (Å²) in [5.74, 6) is 0.526. The van der Waals surface area contributed by atoms with Gasteiger partial charge in [0, 0.05) is 25.0 Å². The molecule has 0 saturated heterocycles. The van der Waals surface area contributed by atoms with Gasteiger partial charge in [0.25, 0.3) is 0 Å². The Morgan fingerprint density at radius 2 is 2.15 bits per heavy atom. The summed E-state index contributed by atoms with van der Waals surface area (Å²) >= 11 is 0. The fourth-order valence-corrected chi connectivity index (χ4v) is 0.770. The normalized spacial score (nSPS) is 15.0. The van der Waals surface area contributed by atoms with Crippen LogP contribution in [0.15, 0.2) is 18.5 Å². The van der Waals surface area contributed by atoms with Gasteiger partial charge in [0.15, 0.2) is 0 Å². The summed E-state index contributed by atoms with van der Waals surface area (Å²) in [6, 6.07) is 1.43. The molecule has 5 nitrogen and oxygen atoms in total. The SMILES string of the molecule is CC(O)C(N)CNc1ncccn1. The Hall–Kier alpha value is -1.20. The molecule has 1 aromatic heterocycles. The van der Waals surface area contributed by atoms with Crippen LogP contribution >= 0.6 is 0 Å². The van der Waals surface area contributed by atoms with Crippen LogP contribution in [0.4, 0.5) is 5.95 Å². The second-order valence-electron chi connectivity index (χ2n) is 2.86. The van der Waals surface area contributed by atoms with Gasteiger partial charge in [-0.15, -0.1) is 0 Å². The summed E-state index contributed by atoms with van der Waals surface area (Å²) in [5.41, 5.74) is 5.60. The summed E-state index contributed by atoms with van der Waals surface area (Å²) in [5, 5.41) is 12.0. The number of anilines is 1. The first-order valence-electron chi connectivity index (χ1n) is 4.14. The largest absolute Gasteiger partial charge is 0.392 e. The third kappa shape index (κ3) is 3.35. The zero-order valence-electron chi connectivity index (χ0n) is 7.51. The van der Waals surface area contributed by atoms with Crippen molar-refractivity contribution in [2.24, 2.45) is 5.73 Å². The van der Waals surface area contributed by atoms with Crippen molar-refractivity contribution in [1.29, 1.82) is 0 Å². The fourth-order valence-electron chi connectivity index (χ4n) is 0.770. The number of aliphatic hydroxyl groups excluding tert-OH is 1. The topological polar surface area (TPSA) is 84.1 Å². The van der Waals surface area contributed by atoms with Gasteiger partial charge in [0.2, 0.25) is 5.95 Å². The maximum absolute atomic E-state index is 9.09. The molecule has 5 heteroatoms. The van der Waals surface area contributed by atoms with Gasteiger partial charge in [-0.25, -0.2) is 9.97 Å². The number of aromatic nitrogens is 2. The third-order valence-electron chi connectivity index (χ3n) is 1.68. The molecule has 0 radical (unpaired) electrons.